The van der Waals surface area contributed by atoms with E-state index in [1.54, 1.807) is 0 Å². The smallest absolute Gasteiger partial charge is 0.162 e. The van der Waals surface area contributed by atoms with Gasteiger partial charge in [0.1, 0.15) is 0 Å². The molecule has 0 bridgehead atoms. The van der Waals surface area contributed by atoms with Crippen LogP contribution in [0.2, 0.25) is 0 Å². The molecule has 76 valence electrons. The first-order chi connectivity index (χ1) is 6.82. The molecule has 0 aromatic rings. The SMILES string of the molecule is O=C1CCNC2=C1CCC21CCCC1. The molecule has 1 heterocycles. The molecule has 0 atom stereocenters. The fraction of sp³-hybridized carbons (Fsp3) is 0.750. The van der Waals surface area contributed by atoms with Crippen molar-refractivity contribution >= 4 is 5.78 Å². The number of nitrogens with one attached hydrogen (secondary N) is 1. The van der Waals surface area contributed by atoms with E-state index in [0.717, 1.165) is 25.0 Å². The van der Waals surface area contributed by atoms with Gasteiger partial charge in [0.25, 0.3) is 0 Å². The zero-order valence-corrected chi connectivity index (χ0v) is 8.57. The van der Waals surface area contributed by atoms with Gasteiger partial charge in [0.05, 0.1) is 0 Å². The summed E-state index contributed by atoms with van der Waals surface area (Å²) in [6.07, 6.45) is 8.32. The zero-order valence-electron chi connectivity index (χ0n) is 8.57. The third-order valence-electron chi connectivity index (χ3n) is 4.24. The van der Waals surface area contributed by atoms with E-state index in [-0.39, 0.29) is 0 Å². The second-order valence-electron chi connectivity index (χ2n) is 4.94. The second kappa shape index (κ2) is 2.85. The third-order valence-corrected chi connectivity index (χ3v) is 4.24. The highest BCUT2D eigenvalue weighted by atomic mass is 16.1. The highest BCUT2D eigenvalue weighted by Crippen LogP contribution is 2.53. The number of Topliss-reactive ketones (excluding diaryl/α,β-unsaturated/α-hetero) is 1. The van der Waals surface area contributed by atoms with Crippen molar-refractivity contribution in [3.8, 4) is 0 Å². The quantitative estimate of drug-likeness (QED) is 0.635. The Morgan fingerprint density at radius 2 is 1.86 bits per heavy atom. The van der Waals surface area contributed by atoms with Crippen LogP contribution < -0.4 is 5.32 Å². The van der Waals surface area contributed by atoms with Gasteiger partial charge in [-0.25, -0.2) is 0 Å². The molecule has 0 saturated heterocycles. The molecule has 0 unspecified atom stereocenters. The second-order valence-corrected chi connectivity index (χ2v) is 4.94. The summed E-state index contributed by atoms with van der Waals surface area (Å²) < 4.78 is 0. The summed E-state index contributed by atoms with van der Waals surface area (Å²) in [5.41, 5.74) is 2.91. The maximum absolute atomic E-state index is 11.7. The zero-order chi connectivity index (χ0) is 9.60. The molecular weight excluding hydrogens is 174 g/mol. The fourth-order valence-corrected chi connectivity index (χ4v) is 3.51. The molecule has 0 radical (unpaired) electrons. The normalized spacial score (nSPS) is 29.6. The van der Waals surface area contributed by atoms with E-state index in [4.69, 9.17) is 0 Å². The van der Waals surface area contributed by atoms with E-state index in [1.165, 1.54) is 37.8 Å². The summed E-state index contributed by atoms with van der Waals surface area (Å²) in [5.74, 6) is 0.419. The molecule has 3 aliphatic rings. The molecule has 2 heteroatoms. The Morgan fingerprint density at radius 3 is 2.64 bits per heavy atom. The third kappa shape index (κ3) is 0.999. The summed E-state index contributed by atoms with van der Waals surface area (Å²) in [4.78, 5) is 11.7. The summed E-state index contributed by atoms with van der Waals surface area (Å²) in [5, 5.41) is 3.50. The standard InChI is InChI=1S/C12H17NO/c14-10-4-8-13-11-9(10)3-7-12(11)5-1-2-6-12/h13H,1-8H2. The Balaban J connectivity index is 2.01. The Kier molecular flexibility index (Phi) is 1.73. The average molecular weight is 191 g/mol. The minimum Gasteiger partial charge on any atom is -0.387 e. The summed E-state index contributed by atoms with van der Waals surface area (Å²) in [6, 6.07) is 0. The van der Waals surface area contributed by atoms with Crippen molar-refractivity contribution in [3.05, 3.63) is 11.3 Å². The van der Waals surface area contributed by atoms with Gasteiger partial charge in [0, 0.05) is 29.7 Å². The van der Waals surface area contributed by atoms with Gasteiger partial charge in [0.15, 0.2) is 5.78 Å². The number of allylic oxidation sites excluding steroid dienone is 2. The van der Waals surface area contributed by atoms with Crippen LogP contribution in [-0.4, -0.2) is 12.3 Å². The van der Waals surface area contributed by atoms with Crippen molar-refractivity contribution in [3.63, 3.8) is 0 Å². The average Bonchev–Trinajstić information content (AvgIpc) is 2.78. The molecule has 2 aliphatic carbocycles. The van der Waals surface area contributed by atoms with Gasteiger partial charge >= 0.3 is 0 Å². The monoisotopic (exact) mass is 191 g/mol. The van der Waals surface area contributed by atoms with E-state index in [1.807, 2.05) is 0 Å². The number of rotatable bonds is 0. The Morgan fingerprint density at radius 1 is 1.07 bits per heavy atom. The maximum Gasteiger partial charge on any atom is 0.162 e. The fourth-order valence-electron chi connectivity index (χ4n) is 3.51. The highest BCUT2D eigenvalue weighted by molar-refractivity contribution is 5.97. The predicted octanol–water partition coefficient (Wildman–Crippen LogP) is 2.16. The van der Waals surface area contributed by atoms with E-state index in [2.05, 4.69) is 5.32 Å². The van der Waals surface area contributed by atoms with Crippen LogP contribution in [0.15, 0.2) is 11.3 Å². The Hall–Kier alpha value is -0.790. The molecule has 1 spiro atoms. The lowest BCUT2D eigenvalue weighted by Crippen LogP contribution is -2.32. The lowest BCUT2D eigenvalue weighted by atomic mass is 9.82. The van der Waals surface area contributed by atoms with E-state index < -0.39 is 0 Å². The molecule has 1 N–H and O–H groups in total. The van der Waals surface area contributed by atoms with E-state index >= 15 is 0 Å². The number of hydrogen-bond donors (Lipinski definition) is 1. The highest BCUT2D eigenvalue weighted by Gasteiger charge is 2.45. The van der Waals surface area contributed by atoms with Crippen LogP contribution in [0.1, 0.15) is 44.9 Å². The van der Waals surface area contributed by atoms with Gasteiger partial charge in [-0.05, 0) is 25.7 Å². The molecular formula is C12H17NO. The van der Waals surface area contributed by atoms with Crippen molar-refractivity contribution in [2.45, 2.75) is 44.9 Å². The van der Waals surface area contributed by atoms with Gasteiger partial charge in [0.2, 0.25) is 0 Å². The summed E-state index contributed by atoms with van der Waals surface area (Å²) in [6.45, 7) is 0.874. The predicted molar refractivity (Wildman–Crippen MR) is 54.8 cm³/mol. The van der Waals surface area contributed by atoms with Gasteiger partial charge in [-0.1, -0.05) is 12.8 Å². The molecule has 0 amide bonds. The molecule has 0 aromatic heterocycles. The number of carbonyl (C=O) groups is 1. The molecule has 2 nitrogen and oxygen atoms in total. The minimum atomic E-state index is 0.408. The molecule has 0 aromatic carbocycles. The lowest BCUT2D eigenvalue weighted by Gasteiger charge is -2.30. The van der Waals surface area contributed by atoms with Crippen molar-refractivity contribution in [2.75, 3.05) is 6.54 Å². The molecule has 1 saturated carbocycles. The summed E-state index contributed by atoms with van der Waals surface area (Å²) in [7, 11) is 0. The van der Waals surface area contributed by atoms with E-state index in [0.29, 0.717) is 11.2 Å². The first-order valence-electron chi connectivity index (χ1n) is 5.83. The minimum absolute atomic E-state index is 0.408. The first-order valence-corrected chi connectivity index (χ1v) is 5.83. The van der Waals surface area contributed by atoms with Crippen LogP contribution in [0, 0.1) is 5.41 Å². The maximum atomic E-state index is 11.7. The molecule has 3 rings (SSSR count). The first kappa shape index (κ1) is 8.51. The topological polar surface area (TPSA) is 29.1 Å². The number of fused-ring (bicyclic) bond motifs is 1. The molecule has 14 heavy (non-hydrogen) atoms. The van der Waals surface area contributed by atoms with Crippen molar-refractivity contribution in [1.29, 1.82) is 0 Å². The van der Waals surface area contributed by atoms with Crippen LogP contribution in [0.5, 0.6) is 0 Å². The van der Waals surface area contributed by atoms with Gasteiger partial charge in [-0.3, -0.25) is 4.79 Å². The Bertz CT molecular complexity index is 310. The lowest BCUT2D eigenvalue weighted by molar-refractivity contribution is -0.116. The molecule has 1 aliphatic heterocycles. The Labute approximate surface area is 84.8 Å². The number of hydrogen-bond acceptors (Lipinski definition) is 2. The van der Waals surface area contributed by atoms with E-state index in [9.17, 15) is 4.79 Å². The van der Waals surface area contributed by atoms with Crippen LogP contribution >= 0.6 is 0 Å². The largest absolute Gasteiger partial charge is 0.387 e. The van der Waals surface area contributed by atoms with Gasteiger partial charge in [-0.15, -0.1) is 0 Å². The van der Waals surface area contributed by atoms with Gasteiger partial charge < -0.3 is 5.32 Å². The van der Waals surface area contributed by atoms with Crippen LogP contribution in [0.4, 0.5) is 0 Å². The number of ketones is 1. The van der Waals surface area contributed by atoms with Crippen LogP contribution in [0.25, 0.3) is 0 Å². The van der Waals surface area contributed by atoms with Gasteiger partial charge in [-0.2, -0.15) is 0 Å². The van der Waals surface area contributed by atoms with Crippen LogP contribution in [-0.2, 0) is 4.79 Å². The van der Waals surface area contributed by atoms with Crippen molar-refractivity contribution in [1.82, 2.24) is 5.32 Å². The van der Waals surface area contributed by atoms with Crippen molar-refractivity contribution in [2.24, 2.45) is 5.41 Å². The number of carbonyl (C=O) groups excluding carboxylic acids is 1. The molecule has 1 fully saturated rings. The van der Waals surface area contributed by atoms with Crippen molar-refractivity contribution < 1.29 is 4.79 Å². The van der Waals surface area contributed by atoms with Crippen LogP contribution in [0.3, 0.4) is 0 Å². The summed E-state index contributed by atoms with van der Waals surface area (Å²) >= 11 is 0.